The summed E-state index contributed by atoms with van der Waals surface area (Å²) >= 11 is 0. The molecule has 0 saturated carbocycles. The van der Waals surface area contributed by atoms with Crippen LogP contribution in [-0.4, -0.2) is 14.5 Å². The fourth-order valence-corrected chi connectivity index (χ4v) is 5.86. The highest BCUT2D eigenvalue weighted by Gasteiger charge is 2.21. The standard InChI is InChI=1S/C38H28N4/c1-4-12-29(5-2)40-33-24-27-20-19-26-15-11-18-34-35(26)36(27)37(31(33)6-3)42(34)30-17-10-16-28(23-30)38-39-22-21-32(41-38)25-13-8-7-9-14-25/h4-24,40H,1-3H2/b29-12+. The number of allylic oxidation sites excluding steroid dienone is 3. The third kappa shape index (κ3) is 4.09. The van der Waals surface area contributed by atoms with Crippen LogP contribution in [0.15, 0.2) is 147 Å². The first-order chi connectivity index (χ1) is 20.7. The molecule has 0 unspecified atom stereocenters. The summed E-state index contributed by atoms with van der Waals surface area (Å²) in [5.74, 6) is 0.683. The van der Waals surface area contributed by atoms with Gasteiger partial charge in [-0.2, -0.15) is 0 Å². The van der Waals surface area contributed by atoms with E-state index in [1.165, 1.54) is 16.2 Å². The first-order valence-electron chi connectivity index (χ1n) is 13.9. The van der Waals surface area contributed by atoms with Crippen LogP contribution in [0.4, 0.5) is 5.69 Å². The summed E-state index contributed by atoms with van der Waals surface area (Å²) in [7, 11) is 0. The van der Waals surface area contributed by atoms with Gasteiger partial charge in [0, 0.05) is 50.7 Å². The van der Waals surface area contributed by atoms with E-state index in [0.29, 0.717) is 5.82 Å². The van der Waals surface area contributed by atoms with Crippen LogP contribution < -0.4 is 5.32 Å². The van der Waals surface area contributed by atoms with Crippen molar-refractivity contribution in [2.75, 3.05) is 5.32 Å². The molecule has 0 aliphatic carbocycles. The van der Waals surface area contributed by atoms with Gasteiger partial charge >= 0.3 is 0 Å². The molecular formula is C38H28N4. The Bertz CT molecular complexity index is 2170. The monoisotopic (exact) mass is 540 g/mol. The molecule has 0 spiro atoms. The molecule has 2 aromatic heterocycles. The van der Waals surface area contributed by atoms with E-state index < -0.39 is 0 Å². The Hall–Kier alpha value is -5.74. The predicted molar refractivity (Wildman–Crippen MR) is 178 cm³/mol. The van der Waals surface area contributed by atoms with Crippen molar-refractivity contribution in [3.63, 3.8) is 0 Å². The van der Waals surface area contributed by atoms with E-state index in [1.807, 2.05) is 42.6 Å². The zero-order valence-electron chi connectivity index (χ0n) is 23.1. The van der Waals surface area contributed by atoms with Crippen molar-refractivity contribution in [1.82, 2.24) is 14.5 Å². The van der Waals surface area contributed by atoms with Crippen molar-refractivity contribution in [2.24, 2.45) is 0 Å². The van der Waals surface area contributed by atoms with E-state index in [-0.39, 0.29) is 0 Å². The topological polar surface area (TPSA) is 42.7 Å². The summed E-state index contributed by atoms with van der Waals surface area (Å²) in [4.78, 5) is 9.57. The van der Waals surface area contributed by atoms with Crippen molar-refractivity contribution in [3.05, 3.63) is 152 Å². The number of benzene rings is 5. The van der Waals surface area contributed by atoms with Crippen LogP contribution in [0.1, 0.15) is 5.56 Å². The largest absolute Gasteiger partial charge is 0.355 e. The molecule has 0 amide bonds. The maximum Gasteiger partial charge on any atom is 0.159 e. The van der Waals surface area contributed by atoms with Crippen LogP contribution in [-0.2, 0) is 0 Å². The zero-order valence-corrected chi connectivity index (χ0v) is 23.1. The third-order valence-electron chi connectivity index (χ3n) is 7.69. The average Bonchev–Trinajstić information content (AvgIpc) is 3.40. The van der Waals surface area contributed by atoms with E-state index in [9.17, 15) is 0 Å². The number of nitrogens with zero attached hydrogens (tertiary/aromatic N) is 3. The molecular weight excluding hydrogens is 512 g/mol. The lowest BCUT2D eigenvalue weighted by atomic mass is 9.98. The highest BCUT2D eigenvalue weighted by atomic mass is 15.0. The van der Waals surface area contributed by atoms with Gasteiger partial charge in [0.05, 0.1) is 16.7 Å². The summed E-state index contributed by atoms with van der Waals surface area (Å²) in [5, 5.41) is 8.35. The smallest absolute Gasteiger partial charge is 0.159 e. The number of rotatable bonds is 8. The zero-order chi connectivity index (χ0) is 28.6. The second-order valence-corrected chi connectivity index (χ2v) is 10.1. The Morgan fingerprint density at radius 1 is 0.762 bits per heavy atom. The van der Waals surface area contributed by atoms with E-state index in [1.54, 1.807) is 12.2 Å². The minimum absolute atomic E-state index is 0.683. The fourth-order valence-electron chi connectivity index (χ4n) is 5.86. The van der Waals surface area contributed by atoms with Crippen LogP contribution >= 0.6 is 0 Å². The van der Waals surface area contributed by atoms with Gasteiger partial charge < -0.3 is 9.88 Å². The van der Waals surface area contributed by atoms with Gasteiger partial charge in [-0.05, 0) is 53.3 Å². The molecule has 5 aromatic carbocycles. The maximum atomic E-state index is 4.93. The summed E-state index contributed by atoms with van der Waals surface area (Å²) in [6, 6.07) is 33.6. The molecule has 42 heavy (non-hydrogen) atoms. The minimum Gasteiger partial charge on any atom is -0.355 e. The summed E-state index contributed by atoms with van der Waals surface area (Å²) in [6.45, 7) is 12.1. The SMILES string of the molecule is C=C/C=C(\C=C)Nc1cc2ccc3cccc4c3c2c(c1C=C)n4-c1cccc(-c2nccc(-c3ccccc3)n2)c1. The van der Waals surface area contributed by atoms with Gasteiger partial charge in [-0.15, -0.1) is 0 Å². The van der Waals surface area contributed by atoms with Crippen LogP contribution in [0, 0.1) is 0 Å². The summed E-state index contributed by atoms with van der Waals surface area (Å²) < 4.78 is 2.34. The molecule has 0 aliphatic rings. The molecule has 200 valence electrons. The Morgan fingerprint density at radius 2 is 1.57 bits per heavy atom. The molecule has 7 rings (SSSR count). The lowest BCUT2D eigenvalue weighted by molar-refractivity contribution is 1.15. The number of hydrogen-bond acceptors (Lipinski definition) is 3. The number of anilines is 1. The molecule has 0 saturated heterocycles. The van der Waals surface area contributed by atoms with Gasteiger partial charge in [0.1, 0.15) is 0 Å². The molecule has 0 radical (unpaired) electrons. The molecule has 4 heteroatoms. The van der Waals surface area contributed by atoms with Crippen LogP contribution in [0.25, 0.3) is 67.0 Å². The summed E-state index contributed by atoms with van der Waals surface area (Å²) in [5.41, 5.74) is 8.97. The lowest BCUT2D eigenvalue weighted by Gasteiger charge is -2.16. The highest BCUT2D eigenvalue weighted by molar-refractivity contribution is 6.26. The number of nitrogens with one attached hydrogen (secondary N) is 1. The van der Waals surface area contributed by atoms with Crippen molar-refractivity contribution in [2.45, 2.75) is 0 Å². The molecule has 2 heterocycles. The van der Waals surface area contributed by atoms with E-state index in [0.717, 1.165) is 55.9 Å². The Kier molecular flexibility index (Phi) is 6.22. The predicted octanol–water partition coefficient (Wildman–Crippen LogP) is 9.81. The van der Waals surface area contributed by atoms with Gasteiger partial charge in [0.2, 0.25) is 0 Å². The van der Waals surface area contributed by atoms with E-state index >= 15 is 0 Å². The molecule has 0 fully saturated rings. The molecule has 0 bridgehead atoms. The average molecular weight is 541 g/mol. The highest BCUT2D eigenvalue weighted by Crippen LogP contribution is 2.43. The van der Waals surface area contributed by atoms with E-state index in [4.69, 9.17) is 4.98 Å². The lowest BCUT2D eigenvalue weighted by Crippen LogP contribution is -2.02. The molecule has 4 nitrogen and oxygen atoms in total. The van der Waals surface area contributed by atoms with Crippen molar-refractivity contribution >= 4 is 44.3 Å². The number of hydrogen-bond donors (Lipinski definition) is 1. The van der Waals surface area contributed by atoms with Gasteiger partial charge in [-0.25, -0.2) is 9.97 Å². The second kappa shape index (κ2) is 10.3. The first kappa shape index (κ1) is 25.2. The Labute approximate surface area is 244 Å². The number of aromatic nitrogens is 3. The molecule has 0 aliphatic heterocycles. The molecule has 1 N–H and O–H groups in total. The third-order valence-corrected chi connectivity index (χ3v) is 7.69. The van der Waals surface area contributed by atoms with Crippen molar-refractivity contribution in [3.8, 4) is 28.3 Å². The minimum atomic E-state index is 0.683. The van der Waals surface area contributed by atoms with Crippen LogP contribution in [0.5, 0.6) is 0 Å². The van der Waals surface area contributed by atoms with Crippen LogP contribution in [0.3, 0.4) is 0 Å². The van der Waals surface area contributed by atoms with Gasteiger partial charge in [0.25, 0.3) is 0 Å². The first-order valence-corrected chi connectivity index (χ1v) is 13.9. The molecule has 0 atom stereocenters. The van der Waals surface area contributed by atoms with Gasteiger partial charge in [0.15, 0.2) is 5.82 Å². The fraction of sp³-hybridized carbons (Fsp3) is 0. The quantitative estimate of drug-likeness (QED) is 0.154. The van der Waals surface area contributed by atoms with Crippen molar-refractivity contribution in [1.29, 1.82) is 0 Å². The van der Waals surface area contributed by atoms with Crippen molar-refractivity contribution < 1.29 is 0 Å². The summed E-state index contributed by atoms with van der Waals surface area (Å²) in [6.07, 6.45) is 9.21. The molecule has 7 aromatic rings. The second-order valence-electron chi connectivity index (χ2n) is 10.1. The Morgan fingerprint density at radius 3 is 2.38 bits per heavy atom. The normalized spacial score (nSPS) is 11.8. The van der Waals surface area contributed by atoms with E-state index in [2.05, 4.69) is 107 Å². The van der Waals surface area contributed by atoms with Gasteiger partial charge in [-0.3, -0.25) is 0 Å². The van der Waals surface area contributed by atoms with Crippen LogP contribution in [0.2, 0.25) is 0 Å². The maximum absolute atomic E-state index is 4.93. The Balaban J connectivity index is 1.48. The van der Waals surface area contributed by atoms with Gasteiger partial charge in [-0.1, -0.05) is 98.6 Å².